The van der Waals surface area contributed by atoms with Gasteiger partial charge < -0.3 is 4.90 Å². The topological polar surface area (TPSA) is 44.1 Å². The molecule has 0 aliphatic heterocycles. The molecule has 106 valence electrons. The molecule has 20 heavy (non-hydrogen) atoms. The first kappa shape index (κ1) is 14.5. The summed E-state index contributed by atoms with van der Waals surface area (Å²) in [5.41, 5.74) is -0.102. The largest absolute Gasteiger partial charge is 0.337 e. The van der Waals surface area contributed by atoms with Crippen LogP contribution in [-0.2, 0) is 11.3 Å². The van der Waals surface area contributed by atoms with Crippen molar-refractivity contribution in [2.45, 2.75) is 39.2 Å². The Labute approximate surface area is 119 Å². The Kier molecular flexibility index (Phi) is 4.39. The van der Waals surface area contributed by atoms with Crippen LogP contribution >= 0.6 is 0 Å². The quantitative estimate of drug-likeness (QED) is 0.846. The summed E-state index contributed by atoms with van der Waals surface area (Å²) in [5.74, 6) is -0.411. The van der Waals surface area contributed by atoms with Gasteiger partial charge in [-0.05, 0) is 37.5 Å². The van der Waals surface area contributed by atoms with E-state index >= 15 is 0 Å². The zero-order chi connectivity index (χ0) is 14.6. The fourth-order valence-corrected chi connectivity index (χ4v) is 2.84. The summed E-state index contributed by atoms with van der Waals surface area (Å²) < 4.78 is 13.2. The molecule has 0 N–H and O–H groups in total. The number of nitriles is 1. The van der Waals surface area contributed by atoms with Crippen LogP contribution in [0, 0.1) is 22.6 Å². The van der Waals surface area contributed by atoms with E-state index in [0.29, 0.717) is 25.9 Å². The molecule has 0 saturated heterocycles. The van der Waals surface area contributed by atoms with Gasteiger partial charge in [-0.2, -0.15) is 5.26 Å². The Morgan fingerprint density at radius 2 is 2.15 bits per heavy atom. The summed E-state index contributed by atoms with van der Waals surface area (Å²) in [5, 5.41) is 9.38. The van der Waals surface area contributed by atoms with Gasteiger partial charge in [0.05, 0.1) is 6.07 Å². The molecule has 1 aromatic rings. The van der Waals surface area contributed by atoms with E-state index in [4.69, 9.17) is 0 Å². The highest BCUT2D eigenvalue weighted by atomic mass is 19.1. The molecule has 2 rings (SSSR count). The van der Waals surface area contributed by atoms with Crippen molar-refractivity contribution in [3.8, 4) is 6.07 Å². The minimum absolute atomic E-state index is 0.107. The fourth-order valence-electron chi connectivity index (χ4n) is 2.84. The van der Waals surface area contributed by atoms with Crippen molar-refractivity contribution < 1.29 is 9.18 Å². The van der Waals surface area contributed by atoms with Crippen molar-refractivity contribution in [2.75, 3.05) is 6.54 Å². The van der Waals surface area contributed by atoms with E-state index in [2.05, 4.69) is 6.07 Å². The zero-order valence-corrected chi connectivity index (χ0v) is 11.7. The van der Waals surface area contributed by atoms with E-state index in [1.165, 1.54) is 12.1 Å². The number of carbonyl (C=O) groups excluding carboxylic acids is 1. The summed E-state index contributed by atoms with van der Waals surface area (Å²) in [6.07, 6.45) is 3.14. The summed E-state index contributed by atoms with van der Waals surface area (Å²) in [6, 6.07) is 8.48. The molecule has 0 bridgehead atoms. The predicted molar refractivity (Wildman–Crippen MR) is 74.0 cm³/mol. The van der Waals surface area contributed by atoms with Crippen molar-refractivity contribution >= 4 is 5.91 Å². The van der Waals surface area contributed by atoms with Crippen LogP contribution in [0.3, 0.4) is 0 Å². The average molecular weight is 274 g/mol. The van der Waals surface area contributed by atoms with Crippen LogP contribution in [-0.4, -0.2) is 17.4 Å². The molecule has 0 atom stereocenters. The molecule has 1 aliphatic rings. The Balaban J connectivity index is 2.16. The highest BCUT2D eigenvalue weighted by Crippen LogP contribution is 2.39. The smallest absolute Gasteiger partial charge is 0.243 e. The van der Waals surface area contributed by atoms with Crippen molar-refractivity contribution in [3.63, 3.8) is 0 Å². The Morgan fingerprint density at radius 3 is 2.70 bits per heavy atom. The van der Waals surface area contributed by atoms with Gasteiger partial charge in [-0.15, -0.1) is 0 Å². The van der Waals surface area contributed by atoms with Gasteiger partial charge in [0.1, 0.15) is 11.2 Å². The SMILES string of the molecule is CCN(Cc1cccc(F)c1)C(=O)C1(C#N)CCCC1. The molecule has 1 fully saturated rings. The molecule has 0 spiro atoms. The van der Waals surface area contributed by atoms with Gasteiger partial charge in [0, 0.05) is 13.1 Å². The zero-order valence-electron chi connectivity index (χ0n) is 11.7. The van der Waals surface area contributed by atoms with E-state index in [1.807, 2.05) is 6.92 Å². The number of amides is 1. The van der Waals surface area contributed by atoms with Crippen LogP contribution in [0.2, 0.25) is 0 Å². The summed E-state index contributed by atoms with van der Waals surface area (Å²) in [6.45, 7) is 2.77. The third-order valence-electron chi connectivity index (χ3n) is 4.01. The molecule has 3 nitrogen and oxygen atoms in total. The molecule has 0 radical (unpaired) electrons. The van der Waals surface area contributed by atoms with Gasteiger partial charge in [0.25, 0.3) is 0 Å². The number of halogens is 1. The van der Waals surface area contributed by atoms with Gasteiger partial charge >= 0.3 is 0 Å². The average Bonchev–Trinajstić information content (AvgIpc) is 2.94. The molecule has 1 saturated carbocycles. The third kappa shape index (κ3) is 2.82. The second kappa shape index (κ2) is 6.04. The maximum Gasteiger partial charge on any atom is 0.243 e. The van der Waals surface area contributed by atoms with Crippen LogP contribution < -0.4 is 0 Å². The molecular formula is C16H19FN2O. The van der Waals surface area contributed by atoms with Gasteiger partial charge in [-0.1, -0.05) is 25.0 Å². The van der Waals surface area contributed by atoms with Gasteiger partial charge in [-0.3, -0.25) is 4.79 Å². The van der Waals surface area contributed by atoms with Gasteiger partial charge in [0.15, 0.2) is 0 Å². The van der Waals surface area contributed by atoms with Crippen LogP contribution in [0.4, 0.5) is 4.39 Å². The molecule has 0 unspecified atom stereocenters. The van der Waals surface area contributed by atoms with E-state index < -0.39 is 5.41 Å². The number of benzene rings is 1. The van der Waals surface area contributed by atoms with Crippen molar-refractivity contribution in [3.05, 3.63) is 35.6 Å². The Hall–Kier alpha value is -1.89. The van der Waals surface area contributed by atoms with E-state index in [-0.39, 0.29) is 11.7 Å². The summed E-state index contributed by atoms with van der Waals surface area (Å²) in [4.78, 5) is 14.3. The molecule has 4 heteroatoms. The first-order valence-corrected chi connectivity index (χ1v) is 7.06. The number of hydrogen-bond donors (Lipinski definition) is 0. The molecule has 1 aromatic carbocycles. The lowest BCUT2D eigenvalue weighted by atomic mass is 9.86. The summed E-state index contributed by atoms with van der Waals surface area (Å²) in [7, 11) is 0. The maximum absolute atomic E-state index is 13.2. The summed E-state index contributed by atoms with van der Waals surface area (Å²) >= 11 is 0. The highest BCUT2D eigenvalue weighted by molar-refractivity contribution is 5.85. The fraction of sp³-hybridized carbons (Fsp3) is 0.500. The normalized spacial score (nSPS) is 16.6. The van der Waals surface area contributed by atoms with Gasteiger partial charge in [-0.25, -0.2) is 4.39 Å². The lowest BCUT2D eigenvalue weighted by Gasteiger charge is -2.29. The first-order chi connectivity index (χ1) is 9.61. The molecule has 0 aromatic heterocycles. The standard InChI is InChI=1S/C16H19FN2O/c1-2-19(11-13-6-5-7-14(17)10-13)15(20)16(12-18)8-3-4-9-16/h5-7,10H,2-4,8-9,11H2,1H3. The number of carbonyl (C=O) groups is 1. The monoisotopic (exact) mass is 274 g/mol. The predicted octanol–water partition coefficient (Wildman–Crippen LogP) is 3.26. The maximum atomic E-state index is 13.2. The van der Waals surface area contributed by atoms with Crippen LogP contribution in [0.25, 0.3) is 0 Å². The van der Waals surface area contributed by atoms with Crippen molar-refractivity contribution in [1.29, 1.82) is 5.26 Å². The van der Waals surface area contributed by atoms with Crippen molar-refractivity contribution in [1.82, 2.24) is 4.90 Å². The minimum atomic E-state index is -0.858. The van der Waals surface area contributed by atoms with Crippen LogP contribution in [0.5, 0.6) is 0 Å². The van der Waals surface area contributed by atoms with Gasteiger partial charge in [0.2, 0.25) is 5.91 Å². The Morgan fingerprint density at radius 1 is 1.45 bits per heavy atom. The first-order valence-electron chi connectivity index (χ1n) is 7.06. The van der Waals surface area contributed by atoms with E-state index in [0.717, 1.165) is 18.4 Å². The van der Waals surface area contributed by atoms with E-state index in [9.17, 15) is 14.4 Å². The molecular weight excluding hydrogens is 255 g/mol. The Bertz CT molecular complexity index is 530. The second-order valence-corrected chi connectivity index (χ2v) is 5.35. The second-order valence-electron chi connectivity index (χ2n) is 5.35. The number of hydrogen-bond acceptors (Lipinski definition) is 2. The lowest BCUT2D eigenvalue weighted by molar-refractivity contribution is -0.139. The van der Waals surface area contributed by atoms with Crippen LogP contribution in [0.1, 0.15) is 38.2 Å². The lowest BCUT2D eigenvalue weighted by Crippen LogP contribution is -2.41. The van der Waals surface area contributed by atoms with Crippen molar-refractivity contribution in [2.24, 2.45) is 5.41 Å². The third-order valence-corrected chi connectivity index (χ3v) is 4.01. The van der Waals surface area contributed by atoms with Crippen LogP contribution in [0.15, 0.2) is 24.3 Å². The highest BCUT2D eigenvalue weighted by Gasteiger charge is 2.43. The number of nitrogens with zero attached hydrogens (tertiary/aromatic N) is 2. The molecule has 1 aliphatic carbocycles. The number of rotatable bonds is 4. The minimum Gasteiger partial charge on any atom is -0.337 e. The van der Waals surface area contributed by atoms with E-state index in [1.54, 1.807) is 17.0 Å². The molecule has 1 amide bonds. The molecule has 0 heterocycles.